The zero-order valence-electron chi connectivity index (χ0n) is 12.2. The van der Waals surface area contributed by atoms with Crippen LogP contribution in [0.2, 0.25) is 0 Å². The SMILES string of the molecule is COc1cccc(/C=C2/N=C(Cc3ccccc3)OC2=O)c1. The fourth-order valence-corrected chi connectivity index (χ4v) is 2.19. The van der Waals surface area contributed by atoms with Crippen molar-refractivity contribution < 1.29 is 14.3 Å². The zero-order valence-corrected chi connectivity index (χ0v) is 12.2. The molecular weight excluding hydrogens is 278 g/mol. The van der Waals surface area contributed by atoms with Gasteiger partial charge in [0.2, 0.25) is 5.90 Å². The highest BCUT2D eigenvalue weighted by Crippen LogP contribution is 2.20. The van der Waals surface area contributed by atoms with E-state index in [0.29, 0.717) is 18.0 Å². The second kappa shape index (κ2) is 6.26. The van der Waals surface area contributed by atoms with Gasteiger partial charge in [-0.3, -0.25) is 0 Å². The number of ether oxygens (including phenoxy) is 2. The van der Waals surface area contributed by atoms with Crippen LogP contribution in [-0.4, -0.2) is 19.0 Å². The number of rotatable bonds is 4. The maximum absolute atomic E-state index is 11.9. The number of carbonyl (C=O) groups is 1. The predicted octanol–water partition coefficient (Wildman–Crippen LogP) is 3.23. The van der Waals surface area contributed by atoms with E-state index >= 15 is 0 Å². The summed E-state index contributed by atoms with van der Waals surface area (Å²) in [6.45, 7) is 0. The van der Waals surface area contributed by atoms with E-state index in [1.165, 1.54) is 0 Å². The highest BCUT2D eigenvalue weighted by molar-refractivity contribution is 6.07. The van der Waals surface area contributed by atoms with Gasteiger partial charge in [0.1, 0.15) is 5.75 Å². The lowest BCUT2D eigenvalue weighted by Gasteiger charge is -2.00. The first-order chi connectivity index (χ1) is 10.7. The van der Waals surface area contributed by atoms with E-state index in [1.807, 2.05) is 54.6 Å². The summed E-state index contributed by atoms with van der Waals surface area (Å²) in [4.78, 5) is 16.2. The van der Waals surface area contributed by atoms with E-state index in [9.17, 15) is 4.79 Å². The molecule has 0 fully saturated rings. The molecule has 0 aliphatic carbocycles. The fourth-order valence-electron chi connectivity index (χ4n) is 2.19. The average molecular weight is 293 g/mol. The molecular formula is C18H15NO3. The molecule has 2 aromatic carbocycles. The minimum atomic E-state index is -0.422. The molecule has 1 heterocycles. The minimum absolute atomic E-state index is 0.305. The molecule has 0 unspecified atom stereocenters. The number of cyclic esters (lactones) is 1. The summed E-state index contributed by atoms with van der Waals surface area (Å²) in [5.74, 6) is 0.730. The molecule has 0 spiro atoms. The Morgan fingerprint density at radius 3 is 2.73 bits per heavy atom. The van der Waals surface area contributed by atoms with Crippen molar-refractivity contribution in [3.05, 3.63) is 71.4 Å². The van der Waals surface area contributed by atoms with Gasteiger partial charge < -0.3 is 9.47 Å². The summed E-state index contributed by atoms with van der Waals surface area (Å²) >= 11 is 0. The van der Waals surface area contributed by atoms with Crippen LogP contribution < -0.4 is 4.74 Å². The predicted molar refractivity (Wildman–Crippen MR) is 84.6 cm³/mol. The van der Waals surface area contributed by atoms with Crippen LogP contribution in [0, 0.1) is 0 Å². The molecule has 0 atom stereocenters. The average Bonchev–Trinajstić information content (AvgIpc) is 2.88. The Balaban J connectivity index is 1.81. The highest BCUT2D eigenvalue weighted by Gasteiger charge is 2.22. The van der Waals surface area contributed by atoms with Crippen LogP contribution in [0.5, 0.6) is 5.75 Å². The largest absolute Gasteiger partial charge is 0.497 e. The van der Waals surface area contributed by atoms with E-state index in [1.54, 1.807) is 13.2 Å². The molecule has 1 aliphatic heterocycles. The van der Waals surface area contributed by atoms with Crippen LogP contribution in [-0.2, 0) is 16.0 Å². The van der Waals surface area contributed by atoms with Crippen LogP contribution >= 0.6 is 0 Å². The van der Waals surface area contributed by atoms with Crippen molar-refractivity contribution in [2.75, 3.05) is 7.11 Å². The van der Waals surface area contributed by atoms with Crippen molar-refractivity contribution in [1.29, 1.82) is 0 Å². The van der Waals surface area contributed by atoms with Crippen LogP contribution in [0.3, 0.4) is 0 Å². The molecule has 3 rings (SSSR count). The van der Waals surface area contributed by atoms with E-state index in [-0.39, 0.29) is 0 Å². The first-order valence-corrected chi connectivity index (χ1v) is 6.94. The molecule has 0 saturated carbocycles. The molecule has 4 nitrogen and oxygen atoms in total. The molecule has 0 bridgehead atoms. The van der Waals surface area contributed by atoms with Crippen LogP contribution in [0.1, 0.15) is 11.1 Å². The Hall–Kier alpha value is -2.88. The molecule has 1 aliphatic rings. The third kappa shape index (κ3) is 3.23. The summed E-state index contributed by atoms with van der Waals surface area (Å²) in [6.07, 6.45) is 2.20. The van der Waals surface area contributed by atoms with Gasteiger partial charge in [-0.05, 0) is 29.3 Å². The first-order valence-electron chi connectivity index (χ1n) is 6.94. The quantitative estimate of drug-likeness (QED) is 0.642. The van der Waals surface area contributed by atoms with Crippen LogP contribution in [0.25, 0.3) is 6.08 Å². The molecule has 0 amide bonds. The molecule has 4 heteroatoms. The lowest BCUT2D eigenvalue weighted by atomic mass is 10.1. The van der Waals surface area contributed by atoms with Crippen molar-refractivity contribution >= 4 is 17.9 Å². The van der Waals surface area contributed by atoms with Crippen molar-refractivity contribution in [3.8, 4) is 5.75 Å². The second-order valence-electron chi connectivity index (χ2n) is 4.86. The lowest BCUT2D eigenvalue weighted by Crippen LogP contribution is -2.06. The molecule has 0 radical (unpaired) electrons. The van der Waals surface area contributed by atoms with Gasteiger partial charge in [-0.15, -0.1) is 0 Å². The van der Waals surface area contributed by atoms with Gasteiger partial charge in [0.25, 0.3) is 0 Å². The van der Waals surface area contributed by atoms with E-state index < -0.39 is 5.97 Å². The summed E-state index contributed by atoms with van der Waals surface area (Å²) in [6, 6.07) is 17.2. The van der Waals surface area contributed by atoms with Crippen LogP contribution in [0.15, 0.2) is 65.3 Å². The summed E-state index contributed by atoms with van der Waals surface area (Å²) in [5.41, 5.74) is 2.20. The Bertz CT molecular complexity index is 748. The third-order valence-electron chi connectivity index (χ3n) is 3.26. The number of aliphatic imine (C=N–C) groups is 1. The van der Waals surface area contributed by atoms with E-state index in [2.05, 4.69) is 4.99 Å². The van der Waals surface area contributed by atoms with Gasteiger partial charge in [0.15, 0.2) is 5.70 Å². The summed E-state index contributed by atoms with van der Waals surface area (Å²) in [5, 5.41) is 0. The Kier molecular flexibility index (Phi) is 4.01. The first kappa shape index (κ1) is 14.1. The molecule has 0 N–H and O–H groups in total. The smallest absolute Gasteiger partial charge is 0.363 e. The van der Waals surface area contributed by atoms with E-state index in [0.717, 1.165) is 16.9 Å². The monoisotopic (exact) mass is 293 g/mol. The molecule has 110 valence electrons. The lowest BCUT2D eigenvalue weighted by molar-refractivity contribution is -0.130. The minimum Gasteiger partial charge on any atom is -0.497 e. The second-order valence-corrected chi connectivity index (χ2v) is 4.86. The molecule has 0 saturated heterocycles. The normalized spacial score (nSPS) is 15.6. The number of esters is 1. The topological polar surface area (TPSA) is 47.9 Å². The summed E-state index contributed by atoms with van der Waals surface area (Å²) in [7, 11) is 1.60. The maximum atomic E-state index is 11.9. The van der Waals surface area contributed by atoms with Crippen molar-refractivity contribution in [2.24, 2.45) is 4.99 Å². The van der Waals surface area contributed by atoms with Gasteiger partial charge in [-0.25, -0.2) is 9.79 Å². The van der Waals surface area contributed by atoms with Crippen LogP contribution in [0.4, 0.5) is 0 Å². The van der Waals surface area contributed by atoms with E-state index in [4.69, 9.17) is 9.47 Å². The zero-order chi connectivity index (χ0) is 15.4. The number of methoxy groups -OCH3 is 1. The number of hydrogen-bond donors (Lipinski definition) is 0. The number of carbonyl (C=O) groups excluding carboxylic acids is 1. The number of hydrogen-bond acceptors (Lipinski definition) is 4. The number of benzene rings is 2. The van der Waals surface area contributed by atoms with Crippen molar-refractivity contribution in [3.63, 3.8) is 0 Å². The van der Waals surface area contributed by atoms with Gasteiger partial charge in [-0.1, -0.05) is 42.5 Å². The Morgan fingerprint density at radius 2 is 1.95 bits per heavy atom. The number of nitrogens with zero attached hydrogens (tertiary/aromatic N) is 1. The van der Waals surface area contributed by atoms with Crippen molar-refractivity contribution in [2.45, 2.75) is 6.42 Å². The van der Waals surface area contributed by atoms with Gasteiger partial charge >= 0.3 is 5.97 Å². The van der Waals surface area contributed by atoms with Gasteiger partial charge in [-0.2, -0.15) is 0 Å². The van der Waals surface area contributed by atoms with Crippen molar-refractivity contribution in [1.82, 2.24) is 0 Å². The van der Waals surface area contributed by atoms with Gasteiger partial charge in [0, 0.05) is 6.42 Å². The fraction of sp³-hybridized carbons (Fsp3) is 0.111. The molecule has 0 aromatic heterocycles. The third-order valence-corrected chi connectivity index (χ3v) is 3.26. The van der Waals surface area contributed by atoms with Gasteiger partial charge in [0.05, 0.1) is 7.11 Å². The standard InChI is InChI=1S/C18H15NO3/c1-21-15-9-5-8-14(10-15)11-16-18(20)22-17(19-16)12-13-6-3-2-4-7-13/h2-11H,12H2,1H3/b16-11+. The summed E-state index contributed by atoms with van der Waals surface area (Å²) < 4.78 is 10.4. The molecule has 2 aromatic rings. The Labute approximate surface area is 128 Å². The molecule has 22 heavy (non-hydrogen) atoms. The maximum Gasteiger partial charge on any atom is 0.363 e. The highest BCUT2D eigenvalue weighted by atomic mass is 16.6. The Morgan fingerprint density at radius 1 is 1.14 bits per heavy atom.